The second kappa shape index (κ2) is 16.6. The molecular weight excluding hydrogens is 503 g/mol. The van der Waals surface area contributed by atoms with Crippen molar-refractivity contribution in [1.82, 2.24) is 15.5 Å². The molecule has 6 nitrogen and oxygen atoms in total. The fourth-order valence-electron chi connectivity index (χ4n) is 3.88. The molecule has 1 aromatic rings. The lowest BCUT2D eigenvalue weighted by molar-refractivity contribution is 0.171. The third-order valence-corrected chi connectivity index (χ3v) is 5.58. The van der Waals surface area contributed by atoms with Gasteiger partial charge >= 0.3 is 0 Å². The summed E-state index contributed by atoms with van der Waals surface area (Å²) in [6.45, 7) is 11.2. The average Bonchev–Trinajstić information content (AvgIpc) is 2.74. The summed E-state index contributed by atoms with van der Waals surface area (Å²) in [5.74, 6) is 2.63. The predicted octanol–water partition coefficient (Wildman–Crippen LogP) is 4.21. The Kier molecular flexibility index (Phi) is 14.9. The summed E-state index contributed by atoms with van der Waals surface area (Å²) in [7, 11) is 3.54. The number of hydrogen-bond donors (Lipinski definition) is 2. The largest absolute Gasteiger partial charge is 0.493 e. The summed E-state index contributed by atoms with van der Waals surface area (Å²) >= 11 is 0. The summed E-state index contributed by atoms with van der Waals surface area (Å²) in [6, 6.07) is 6.35. The van der Waals surface area contributed by atoms with Gasteiger partial charge in [-0.15, -0.1) is 24.0 Å². The number of benzene rings is 1. The first-order valence-electron chi connectivity index (χ1n) is 11.5. The van der Waals surface area contributed by atoms with E-state index < -0.39 is 0 Å². The van der Waals surface area contributed by atoms with Gasteiger partial charge in [0.05, 0.1) is 6.61 Å². The summed E-state index contributed by atoms with van der Waals surface area (Å²) in [5, 5.41) is 6.86. The maximum Gasteiger partial charge on any atom is 0.191 e. The molecule has 0 aliphatic carbocycles. The normalized spacial score (nSPS) is 17.2. The van der Waals surface area contributed by atoms with Crippen LogP contribution < -0.4 is 15.4 Å². The average molecular weight is 547 g/mol. The van der Waals surface area contributed by atoms with Gasteiger partial charge in [-0.25, -0.2) is 0 Å². The van der Waals surface area contributed by atoms with Crippen LogP contribution >= 0.6 is 24.0 Å². The number of guanidine groups is 1. The van der Waals surface area contributed by atoms with Crippen molar-refractivity contribution in [2.45, 2.75) is 52.5 Å². The zero-order chi connectivity index (χ0) is 21.6. The first-order valence-corrected chi connectivity index (χ1v) is 11.5. The molecule has 1 fully saturated rings. The van der Waals surface area contributed by atoms with Gasteiger partial charge in [0, 0.05) is 52.4 Å². The Bertz CT molecular complexity index is 642. The van der Waals surface area contributed by atoms with Crippen molar-refractivity contribution in [3.05, 3.63) is 29.3 Å². The summed E-state index contributed by atoms with van der Waals surface area (Å²) in [6.07, 6.45) is 6.02. The summed E-state index contributed by atoms with van der Waals surface area (Å²) in [4.78, 5) is 6.98. The van der Waals surface area contributed by atoms with Crippen LogP contribution in [0.3, 0.4) is 0 Å². The molecule has 0 saturated carbocycles. The van der Waals surface area contributed by atoms with Crippen LogP contribution in [0.5, 0.6) is 5.75 Å². The number of unbranched alkanes of at least 4 members (excludes halogenated alkanes) is 1. The maximum absolute atomic E-state index is 5.98. The van der Waals surface area contributed by atoms with Crippen molar-refractivity contribution in [3.63, 3.8) is 0 Å². The minimum Gasteiger partial charge on any atom is -0.493 e. The number of nitrogens with one attached hydrogen (secondary N) is 2. The summed E-state index contributed by atoms with van der Waals surface area (Å²) in [5.41, 5.74) is 2.34. The van der Waals surface area contributed by atoms with Gasteiger partial charge in [0.25, 0.3) is 0 Å². The fraction of sp³-hybridized carbons (Fsp3) is 0.708. The van der Waals surface area contributed by atoms with Crippen molar-refractivity contribution in [2.24, 2.45) is 10.9 Å². The van der Waals surface area contributed by atoms with Crippen LogP contribution in [-0.4, -0.2) is 64.4 Å². The van der Waals surface area contributed by atoms with E-state index in [1.54, 1.807) is 7.11 Å². The van der Waals surface area contributed by atoms with Crippen LogP contribution in [0.4, 0.5) is 0 Å². The first kappa shape index (κ1) is 28.0. The van der Waals surface area contributed by atoms with Crippen molar-refractivity contribution >= 4 is 29.9 Å². The van der Waals surface area contributed by atoms with Crippen molar-refractivity contribution < 1.29 is 9.47 Å². The monoisotopic (exact) mass is 546 g/mol. The molecule has 1 aliphatic rings. The number of hydrogen-bond acceptors (Lipinski definition) is 4. The Labute approximate surface area is 206 Å². The Morgan fingerprint density at radius 3 is 2.77 bits per heavy atom. The molecule has 1 aliphatic heterocycles. The van der Waals surface area contributed by atoms with E-state index in [0.29, 0.717) is 19.8 Å². The highest BCUT2D eigenvalue weighted by molar-refractivity contribution is 14.0. The number of methoxy groups -OCH3 is 1. The van der Waals surface area contributed by atoms with Gasteiger partial charge in [-0.2, -0.15) is 0 Å². The van der Waals surface area contributed by atoms with Crippen LogP contribution in [-0.2, 0) is 11.3 Å². The molecule has 7 heteroatoms. The second-order valence-corrected chi connectivity index (χ2v) is 8.41. The van der Waals surface area contributed by atoms with E-state index >= 15 is 0 Å². The number of halogens is 1. The minimum absolute atomic E-state index is 0. The molecule has 0 amide bonds. The smallest absolute Gasteiger partial charge is 0.191 e. The SMILES string of the molecule is CN=C(NCCCCN1CCCC(C)C1)NCc1ccc(C)cc1OCCCOC.I. The van der Waals surface area contributed by atoms with Crippen LogP contribution in [0.1, 0.15) is 50.2 Å². The number of aryl methyl sites for hydroxylation is 1. The minimum atomic E-state index is 0. The molecule has 1 heterocycles. The highest BCUT2D eigenvalue weighted by Gasteiger charge is 2.15. The van der Waals surface area contributed by atoms with Crippen LogP contribution in [0.2, 0.25) is 0 Å². The highest BCUT2D eigenvalue weighted by Crippen LogP contribution is 2.20. The van der Waals surface area contributed by atoms with Crippen LogP contribution in [0, 0.1) is 12.8 Å². The summed E-state index contributed by atoms with van der Waals surface area (Å²) < 4.78 is 11.1. The molecule has 0 spiro atoms. The Morgan fingerprint density at radius 2 is 2.03 bits per heavy atom. The second-order valence-electron chi connectivity index (χ2n) is 8.41. The molecule has 31 heavy (non-hydrogen) atoms. The fourth-order valence-corrected chi connectivity index (χ4v) is 3.88. The Hall–Kier alpha value is -1.06. The van der Waals surface area contributed by atoms with E-state index in [9.17, 15) is 0 Å². The molecule has 2 N–H and O–H groups in total. The van der Waals surface area contributed by atoms with E-state index in [2.05, 4.69) is 52.6 Å². The molecule has 1 aromatic carbocycles. The molecule has 0 bridgehead atoms. The van der Waals surface area contributed by atoms with Gasteiger partial charge in [0.15, 0.2) is 5.96 Å². The van der Waals surface area contributed by atoms with Gasteiger partial charge < -0.3 is 25.0 Å². The van der Waals surface area contributed by atoms with Gasteiger partial charge in [-0.1, -0.05) is 19.1 Å². The zero-order valence-corrected chi connectivity index (χ0v) is 22.2. The van der Waals surface area contributed by atoms with Crippen LogP contribution in [0.15, 0.2) is 23.2 Å². The Balaban J connectivity index is 0.00000480. The van der Waals surface area contributed by atoms with Gasteiger partial charge in [0.2, 0.25) is 0 Å². The lowest BCUT2D eigenvalue weighted by Gasteiger charge is -2.30. The number of rotatable bonds is 12. The number of likely N-dealkylation sites (tertiary alicyclic amines) is 1. The number of piperidine rings is 1. The predicted molar refractivity (Wildman–Crippen MR) is 141 cm³/mol. The van der Waals surface area contributed by atoms with Crippen LogP contribution in [0.25, 0.3) is 0 Å². The number of aliphatic imine (C=N–C) groups is 1. The van der Waals surface area contributed by atoms with Crippen molar-refractivity contribution in [2.75, 3.05) is 53.6 Å². The molecule has 1 atom stereocenters. The zero-order valence-electron chi connectivity index (χ0n) is 19.9. The molecular formula is C24H43IN4O2. The molecule has 178 valence electrons. The third-order valence-electron chi connectivity index (χ3n) is 5.58. The third kappa shape index (κ3) is 11.4. The lowest BCUT2D eigenvalue weighted by Crippen LogP contribution is -2.38. The van der Waals surface area contributed by atoms with E-state index in [1.165, 1.54) is 44.5 Å². The number of ether oxygens (including phenoxy) is 2. The molecule has 1 unspecified atom stereocenters. The molecule has 0 radical (unpaired) electrons. The maximum atomic E-state index is 5.98. The Morgan fingerprint density at radius 1 is 1.19 bits per heavy atom. The van der Waals surface area contributed by atoms with Crippen molar-refractivity contribution in [1.29, 1.82) is 0 Å². The van der Waals surface area contributed by atoms with E-state index in [0.717, 1.165) is 42.6 Å². The van der Waals surface area contributed by atoms with E-state index in [4.69, 9.17) is 9.47 Å². The van der Waals surface area contributed by atoms with E-state index in [1.807, 2.05) is 7.05 Å². The van der Waals surface area contributed by atoms with Gasteiger partial charge in [-0.3, -0.25) is 4.99 Å². The molecule has 1 saturated heterocycles. The molecule has 0 aromatic heterocycles. The van der Waals surface area contributed by atoms with Gasteiger partial charge in [-0.05, 0) is 63.2 Å². The first-order chi connectivity index (χ1) is 14.6. The number of nitrogens with zero attached hydrogens (tertiary/aromatic N) is 2. The quantitative estimate of drug-likeness (QED) is 0.178. The van der Waals surface area contributed by atoms with E-state index in [-0.39, 0.29) is 24.0 Å². The van der Waals surface area contributed by atoms with Crippen molar-refractivity contribution in [3.8, 4) is 5.75 Å². The van der Waals surface area contributed by atoms with Gasteiger partial charge in [0.1, 0.15) is 5.75 Å². The standard InChI is InChI=1S/C24H42N4O2.HI/c1-20-10-11-22(23(17-20)30-16-8-15-29-4)18-27-24(25-3)26-12-5-6-13-28-14-7-9-21(2)19-28;/h10-11,17,21H,5-9,12-16,18-19H2,1-4H3,(H2,25,26,27);1H. The molecule has 2 rings (SSSR count). The highest BCUT2D eigenvalue weighted by atomic mass is 127. The lowest BCUT2D eigenvalue weighted by atomic mass is 10.0. The topological polar surface area (TPSA) is 58.1 Å².